The van der Waals surface area contributed by atoms with Gasteiger partial charge in [0.1, 0.15) is 0 Å². The molecule has 1 heterocycles. The zero-order valence-corrected chi connectivity index (χ0v) is 10.3. The molecule has 0 aliphatic carbocycles. The largest absolute Gasteiger partial charge is 0.481 e. The lowest BCUT2D eigenvalue weighted by Crippen LogP contribution is -2.27. The van der Waals surface area contributed by atoms with Gasteiger partial charge >= 0.3 is 5.97 Å². The molecule has 0 atom stereocenters. The smallest absolute Gasteiger partial charge is 0.303 e. The normalized spacial score (nSPS) is 10.6. The number of carboxylic acids is 1. The maximum atomic E-state index is 10.3. The predicted molar refractivity (Wildman–Crippen MR) is 70.4 cm³/mol. The number of unbranched alkanes of at least 4 members (excludes halogenated alkanes) is 1. The summed E-state index contributed by atoms with van der Waals surface area (Å²) in [5.41, 5.74) is 0.766. The van der Waals surface area contributed by atoms with Gasteiger partial charge in [0.25, 0.3) is 0 Å². The van der Waals surface area contributed by atoms with E-state index in [1.165, 1.54) is 0 Å². The van der Waals surface area contributed by atoms with Gasteiger partial charge in [-0.05, 0) is 25.0 Å². The molecular formula is C12H15N5O2. The number of hydrogen-bond acceptors (Lipinski definition) is 4. The first-order chi connectivity index (χ1) is 9.22. The summed E-state index contributed by atoms with van der Waals surface area (Å²) in [6.45, 7) is 0.454. The van der Waals surface area contributed by atoms with Gasteiger partial charge in [-0.1, -0.05) is 0 Å². The van der Waals surface area contributed by atoms with Gasteiger partial charge < -0.3 is 10.4 Å². The van der Waals surface area contributed by atoms with Crippen LogP contribution in [0.1, 0.15) is 19.3 Å². The van der Waals surface area contributed by atoms with Crippen LogP contribution in [0.5, 0.6) is 0 Å². The number of guanidine groups is 1. The lowest BCUT2D eigenvalue weighted by Gasteiger charge is -2.07. The van der Waals surface area contributed by atoms with Gasteiger partial charge in [-0.2, -0.15) is 5.26 Å². The number of carbonyl (C=O) groups is 1. The predicted octanol–water partition coefficient (Wildman–Crippen LogP) is 1.18. The summed E-state index contributed by atoms with van der Waals surface area (Å²) in [7, 11) is 0. The molecule has 0 fully saturated rings. The van der Waals surface area contributed by atoms with Crippen LogP contribution in [0.25, 0.3) is 0 Å². The van der Waals surface area contributed by atoms with Crippen LogP contribution in [0.3, 0.4) is 0 Å². The van der Waals surface area contributed by atoms with Gasteiger partial charge in [-0.25, -0.2) is 0 Å². The first-order valence-corrected chi connectivity index (χ1v) is 5.81. The lowest BCUT2D eigenvalue weighted by molar-refractivity contribution is -0.137. The van der Waals surface area contributed by atoms with E-state index in [9.17, 15) is 4.79 Å². The summed E-state index contributed by atoms with van der Waals surface area (Å²) in [5.74, 6) is -0.474. The second kappa shape index (κ2) is 8.47. The van der Waals surface area contributed by atoms with Crippen molar-refractivity contribution in [1.82, 2.24) is 10.3 Å². The number of aliphatic carboxylic acids is 1. The SMILES string of the molecule is N#CNC(=NCCCCC(=O)O)Nc1ccncc1. The first kappa shape index (κ1) is 14.4. The van der Waals surface area contributed by atoms with Crippen LogP contribution >= 0.6 is 0 Å². The zero-order valence-electron chi connectivity index (χ0n) is 10.3. The molecule has 0 saturated heterocycles. The second-order valence-corrected chi connectivity index (χ2v) is 3.68. The molecule has 3 N–H and O–H groups in total. The van der Waals surface area contributed by atoms with E-state index in [1.54, 1.807) is 30.7 Å². The monoisotopic (exact) mass is 261 g/mol. The molecule has 0 radical (unpaired) electrons. The minimum atomic E-state index is -0.811. The Bertz CT molecular complexity index is 467. The van der Waals surface area contributed by atoms with E-state index < -0.39 is 5.97 Å². The van der Waals surface area contributed by atoms with Crippen LogP contribution in [-0.4, -0.2) is 28.6 Å². The molecule has 0 unspecified atom stereocenters. The number of aliphatic imine (C=N–C) groups is 1. The summed E-state index contributed by atoms with van der Waals surface area (Å²) in [4.78, 5) is 18.4. The summed E-state index contributed by atoms with van der Waals surface area (Å²) in [6, 6.07) is 3.50. The van der Waals surface area contributed by atoms with Crippen molar-refractivity contribution >= 4 is 17.6 Å². The van der Waals surface area contributed by atoms with Crippen LogP contribution in [0, 0.1) is 11.5 Å². The number of hydrogen-bond donors (Lipinski definition) is 3. The van der Waals surface area contributed by atoms with Gasteiger partial charge in [0.15, 0.2) is 6.19 Å². The van der Waals surface area contributed by atoms with Crippen LogP contribution in [0.4, 0.5) is 5.69 Å². The molecule has 0 aromatic carbocycles. The number of nitrogens with zero attached hydrogens (tertiary/aromatic N) is 3. The van der Waals surface area contributed by atoms with Gasteiger partial charge in [-0.15, -0.1) is 0 Å². The van der Waals surface area contributed by atoms with Crippen molar-refractivity contribution in [3.63, 3.8) is 0 Å². The van der Waals surface area contributed by atoms with Gasteiger partial charge in [0.05, 0.1) is 0 Å². The molecule has 7 heteroatoms. The molecular weight excluding hydrogens is 246 g/mol. The van der Waals surface area contributed by atoms with E-state index in [0.29, 0.717) is 25.3 Å². The number of rotatable bonds is 6. The average molecular weight is 261 g/mol. The fraction of sp³-hybridized carbons (Fsp3) is 0.333. The van der Waals surface area contributed by atoms with Crippen LogP contribution < -0.4 is 10.6 Å². The molecule has 1 rings (SSSR count). The highest BCUT2D eigenvalue weighted by atomic mass is 16.4. The van der Waals surface area contributed by atoms with Crippen molar-refractivity contribution < 1.29 is 9.90 Å². The summed E-state index contributed by atoms with van der Waals surface area (Å²) < 4.78 is 0. The Morgan fingerprint density at radius 1 is 1.42 bits per heavy atom. The number of nitriles is 1. The Labute approximate surface area is 111 Å². The highest BCUT2D eigenvalue weighted by Gasteiger charge is 1.99. The van der Waals surface area contributed by atoms with Gasteiger partial charge in [-0.3, -0.25) is 20.1 Å². The molecule has 1 aromatic rings. The number of pyridine rings is 1. The maximum absolute atomic E-state index is 10.3. The minimum absolute atomic E-state index is 0.133. The first-order valence-electron chi connectivity index (χ1n) is 5.81. The van der Waals surface area contributed by atoms with Crippen molar-refractivity contribution in [2.24, 2.45) is 4.99 Å². The Morgan fingerprint density at radius 2 is 2.16 bits per heavy atom. The molecule has 0 saturated carbocycles. The lowest BCUT2D eigenvalue weighted by atomic mass is 10.2. The van der Waals surface area contributed by atoms with E-state index in [0.717, 1.165) is 5.69 Å². The molecule has 1 aromatic heterocycles. The van der Waals surface area contributed by atoms with E-state index in [-0.39, 0.29) is 6.42 Å². The zero-order chi connectivity index (χ0) is 13.9. The third-order valence-corrected chi connectivity index (χ3v) is 2.19. The third kappa shape index (κ3) is 6.63. The van der Waals surface area contributed by atoms with E-state index >= 15 is 0 Å². The molecule has 7 nitrogen and oxygen atoms in total. The van der Waals surface area contributed by atoms with E-state index in [2.05, 4.69) is 20.6 Å². The van der Waals surface area contributed by atoms with E-state index in [4.69, 9.17) is 10.4 Å². The molecule has 0 aliphatic heterocycles. The number of aromatic nitrogens is 1. The number of carboxylic acid groups (broad SMARTS) is 1. The Morgan fingerprint density at radius 3 is 2.79 bits per heavy atom. The fourth-order valence-electron chi connectivity index (χ4n) is 1.31. The molecule has 0 spiro atoms. The molecule has 100 valence electrons. The molecule has 0 bridgehead atoms. The number of anilines is 1. The third-order valence-electron chi connectivity index (χ3n) is 2.19. The summed E-state index contributed by atoms with van der Waals surface area (Å²) >= 11 is 0. The summed E-state index contributed by atoms with van der Waals surface area (Å²) in [6.07, 6.45) is 6.39. The fourth-order valence-corrected chi connectivity index (χ4v) is 1.31. The topological polar surface area (TPSA) is 110 Å². The Balaban J connectivity index is 2.43. The molecule has 0 aliphatic rings. The Kier molecular flexibility index (Phi) is 6.44. The second-order valence-electron chi connectivity index (χ2n) is 3.68. The average Bonchev–Trinajstić information content (AvgIpc) is 2.39. The highest BCUT2D eigenvalue weighted by molar-refractivity contribution is 5.94. The van der Waals surface area contributed by atoms with Crippen LogP contribution in [0.2, 0.25) is 0 Å². The molecule has 0 amide bonds. The van der Waals surface area contributed by atoms with Crippen molar-refractivity contribution in [3.05, 3.63) is 24.5 Å². The van der Waals surface area contributed by atoms with Gasteiger partial charge in [0.2, 0.25) is 5.96 Å². The molecule has 19 heavy (non-hydrogen) atoms. The van der Waals surface area contributed by atoms with Crippen LogP contribution in [-0.2, 0) is 4.79 Å². The quantitative estimate of drug-likeness (QED) is 0.233. The van der Waals surface area contributed by atoms with E-state index in [1.807, 2.05) is 0 Å². The van der Waals surface area contributed by atoms with Crippen molar-refractivity contribution in [1.29, 1.82) is 5.26 Å². The van der Waals surface area contributed by atoms with Crippen molar-refractivity contribution in [2.75, 3.05) is 11.9 Å². The minimum Gasteiger partial charge on any atom is -0.481 e. The summed E-state index contributed by atoms with van der Waals surface area (Å²) in [5, 5.41) is 22.5. The standard InChI is InChI=1S/C12H15N5O2/c13-9-16-12(15-6-2-1-3-11(18)19)17-10-4-7-14-8-5-10/h4-5,7-8H,1-3,6H2,(H,18,19)(H2,14,15,16,17). The Hall–Kier alpha value is -2.62. The van der Waals surface area contributed by atoms with Gasteiger partial charge in [0, 0.05) is 31.0 Å². The van der Waals surface area contributed by atoms with Crippen molar-refractivity contribution in [2.45, 2.75) is 19.3 Å². The highest BCUT2D eigenvalue weighted by Crippen LogP contribution is 2.03. The van der Waals surface area contributed by atoms with Crippen LogP contribution in [0.15, 0.2) is 29.5 Å². The van der Waals surface area contributed by atoms with Crippen molar-refractivity contribution in [3.8, 4) is 6.19 Å². The maximum Gasteiger partial charge on any atom is 0.303 e. The number of nitrogens with one attached hydrogen (secondary N) is 2.